The first kappa shape index (κ1) is 14.1. The van der Waals surface area contributed by atoms with E-state index in [0.29, 0.717) is 5.41 Å². The van der Waals surface area contributed by atoms with Gasteiger partial charge in [0.25, 0.3) is 0 Å². The third-order valence-corrected chi connectivity index (χ3v) is 4.21. The normalized spacial score (nSPS) is 36.0. The molecule has 0 aromatic carbocycles. The lowest BCUT2D eigenvalue weighted by molar-refractivity contribution is 0.0360. The third kappa shape index (κ3) is 2.64. The zero-order valence-corrected chi connectivity index (χ0v) is 13.4. The van der Waals surface area contributed by atoms with Crippen LogP contribution in [0.5, 0.6) is 0 Å². The van der Waals surface area contributed by atoms with Gasteiger partial charge in [0, 0.05) is 0 Å². The van der Waals surface area contributed by atoms with Crippen LogP contribution in [-0.4, -0.2) is 21.3 Å². The molecule has 104 valence electrons. The summed E-state index contributed by atoms with van der Waals surface area (Å²) >= 11 is 5.51. The summed E-state index contributed by atoms with van der Waals surface area (Å²) in [5.41, 5.74) is 4.00. The molecule has 0 radical (unpaired) electrons. The highest BCUT2D eigenvalue weighted by Crippen LogP contribution is 2.44. The number of rotatable bonds is 0. The Morgan fingerprint density at radius 3 is 2.33 bits per heavy atom. The quantitative estimate of drug-likeness (QED) is 0.661. The lowest BCUT2D eigenvalue weighted by Crippen LogP contribution is -2.59. The minimum absolute atomic E-state index is 0.0123. The van der Waals surface area contributed by atoms with Crippen LogP contribution < -0.4 is 10.7 Å². The molecule has 2 atom stereocenters. The van der Waals surface area contributed by atoms with Crippen molar-refractivity contribution in [1.29, 1.82) is 0 Å². The van der Waals surface area contributed by atoms with Gasteiger partial charge in [0.15, 0.2) is 5.11 Å². The van der Waals surface area contributed by atoms with Crippen molar-refractivity contribution in [2.45, 2.75) is 72.0 Å². The van der Waals surface area contributed by atoms with Crippen molar-refractivity contribution in [3.63, 3.8) is 0 Å². The van der Waals surface area contributed by atoms with Gasteiger partial charge in [-0.2, -0.15) is 0 Å². The van der Waals surface area contributed by atoms with Gasteiger partial charge in [0.2, 0.25) is 0 Å². The molecule has 2 fully saturated rings. The van der Waals surface area contributed by atoms with Gasteiger partial charge in [-0.1, -0.05) is 20.8 Å². The Morgan fingerprint density at radius 2 is 1.89 bits per heavy atom. The summed E-state index contributed by atoms with van der Waals surface area (Å²) in [4.78, 5) is 0. The maximum Gasteiger partial charge on any atom is 0.185 e. The number of thiocarbonyl (C=S) groups is 1. The predicted octanol–water partition coefficient (Wildman–Crippen LogP) is 3.02. The van der Waals surface area contributed by atoms with Crippen molar-refractivity contribution < 1.29 is 0 Å². The highest BCUT2D eigenvalue weighted by atomic mass is 32.1. The smallest absolute Gasteiger partial charge is 0.185 e. The summed E-state index contributed by atoms with van der Waals surface area (Å²) in [5, 5.41) is 6.52. The fourth-order valence-electron chi connectivity index (χ4n) is 3.78. The van der Waals surface area contributed by atoms with Crippen molar-refractivity contribution in [2.24, 2.45) is 11.3 Å². The molecule has 0 amide bonds. The van der Waals surface area contributed by atoms with Gasteiger partial charge in [-0.25, -0.2) is 5.43 Å². The summed E-state index contributed by atoms with van der Waals surface area (Å²) in [7, 11) is 0. The first-order valence-electron chi connectivity index (χ1n) is 6.93. The molecule has 3 nitrogen and oxygen atoms in total. The summed E-state index contributed by atoms with van der Waals surface area (Å²) in [6.45, 7) is 13.6. The van der Waals surface area contributed by atoms with Gasteiger partial charge >= 0.3 is 0 Å². The van der Waals surface area contributed by atoms with E-state index in [1.54, 1.807) is 0 Å². The second-order valence-electron chi connectivity index (χ2n) is 7.98. The molecule has 2 aliphatic rings. The molecular formula is C14H27N3S. The molecule has 1 saturated carbocycles. The highest BCUT2D eigenvalue weighted by Gasteiger charge is 2.49. The first-order valence-corrected chi connectivity index (χ1v) is 7.34. The predicted molar refractivity (Wildman–Crippen MR) is 80.0 cm³/mol. The van der Waals surface area contributed by atoms with Gasteiger partial charge < -0.3 is 5.32 Å². The maximum atomic E-state index is 5.51. The van der Waals surface area contributed by atoms with Crippen LogP contribution in [0.1, 0.15) is 60.8 Å². The number of nitrogens with zero attached hydrogens (tertiary/aromatic N) is 1. The molecule has 0 aromatic rings. The van der Waals surface area contributed by atoms with Crippen LogP contribution in [-0.2, 0) is 0 Å². The van der Waals surface area contributed by atoms with Crippen LogP contribution in [0.25, 0.3) is 0 Å². The zero-order chi connectivity index (χ0) is 13.8. The van der Waals surface area contributed by atoms with E-state index in [2.05, 4.69) is 57.3 Å². The molecule has 2 N–H and O–H groups in total. The van der Waals surface area contributed by atoms with Crippen molar-refractivity contribution in [1.82, 2.24) is 15.8 Å². The van der Waals surface area contributed by atoms with Crippen molar-refractivity contribution in [3.05, 3.63) is 0 Å². The Bertz CT molecular complexity index is 359. The molecule has 1 spiro atoms. The lowest BCUT2D eigenvalue weighted by Gasteiger charge is -2.46. The maximum absolute atomic E-state index is 5.51. The average molecular weight is 269 g/mol. The van der Waals surface area contributed by atoms with Crippen molar-refractivity contribution in [3.8, 4) is 0 Å². The fraction of sp³-hybridized carbons (Fsp3) is 0.929. The number of hydrazine groups is 1. The van der Waals surface area contributed by atoms with Crippen molar-refractivity contribution in [2.75, 3.05) is 0 Å². The second-order valence-corrected chi connectivity index (χ2v) is 8.37. The van der Waals surface area contributed by atoms with Crippen LogP contribution in [0.3, 0.4) is 0 Å². The standard InChI is InChI=1S/C14H27N3S/c1-10-7-13(5,6)9-14(8-10)15-11(18)17(16-14)12(2,3)4/h10,16H,7-9H2,1-6H3,(H,15,18)/t10-,14-/m0/s1. The minimum Gasteiger partial charge on any atom is -0.342 e. The summed E-state index contributed by atoms with van der Waals surface area (Å²) in [6, 6.07) is 0. The van der Waals surface area contributed by atoms with Gasteiger partial charge in [-0.3, -0.25) is 5.01 Å². The van der Waals surface area contributed by atoms with E-state index in [4.69, 9.17) is 12.2 Å². The molecule has 1 aliphatic heterocycles. The Kier molecular flexibility index (Phi) is 3.18. The second kappa shape index (κ2) is 4.07. The molecular weight excluding hydrogens is 242 g/mol. The van der Waals surface area contributed by atoms with E-state index in [1.165, 1.54) is 6.42 Å². The molecule has 1 aliphatic carbocycles. The molecule has 18 heavy (non-hydrogen) atoms. The summed E-state index contributed by atoms with van der Waals surface area (Å²) < 4.78 is 0. The van der Waals surface area contributed by atoms with Gasteiger partial charge in [-0.15, -0.1) is 0 Å². The highest BCUT2D eigenvalue weighted by molar-refractivity contribution is 7.80. The van der Waals surface area contributed by atoms with E-state index in [-0.39, 0.29) is 11.2 Å². The molecule has 4 heteroatoms. The van der Waals surface area contributed by atoms with Gasteiger partial charge in [0.05, 0.1) is 5.54 Å². The Labute approximate surface area is 117 Å². The van der Waals surface area contributed by atoms with E-state index in [9.17, 15) is 0 Å². The van der Waals surface area contributed by atoms with Crippen molar-refractivity contribution >= 4 is 17.3 Å². The summed E-state index contributed by atoms with van der Waals surface area (Å²) in [5.74, 6) is 0.719. The minimum atomic E-state index is -0.0362. The van der Waals surface area contributed by atoms with E-state index < -0.39 is 0 Å². The van der Waals surface area contributed by atoms with Crippen LogP contribution in [0.4, 0.5) is 0 Å². The van der Waals surface area contributed by atoms with Gasteiger partial charge in [0.1, 0.15) is 5.66 Å². The number of hydrogen-bond acceptors (Lipinski definition) is 2. The molecule has 0 unspecified atom stereocenters. The van der Waals surface area contributed by atoms with E-state index in [0.717, 1.165) is 23.9 Å². The van der Waals surface area contributed by atoms with E-state index in [1.807, 2.05) is 0 Å². The van der Waals surface area contributed by atoms with Crippen LogP contribution >= 0.6 is 12.2 Å². The largest absolute Gasteiger partial charge is 0.342 e. The zero-order valence-electron chi connectivity index (χ0n) is 12.6. The number of hydrogen-bond donors (Lipinski definition) is 2. The molecule has 2 rings (SSSR count). The number of nitrogens with one attached hydrogen (secondary N) is 2. The molecule has 1 saturated heterocycles. The monoisotopic (exact) mass is 269 g/mol. The fourth-order valence-corrected chi connectivity index (χ4v) is 4.29. The van der Waals surface area contributed by atoms with Gasteiger partial charge in [-0.05, 0) is 63.6 Å². The Balaban J connectivity index is 2.22. The lowest BCUT2D eigenvalue weighted by atomic mass is 9.68. The average Bonchev–Trinajstić information content (AvgIpc) is 2.36. The van der Waals surface area contributed by atoms with Crippen LogP contribution in [0.2, 0.25) is 0 Å². The first-order chi connectivity index (χ1) is 8.03. The molecule has 0 aromatic heterocycles. The molecule has 1 heterocycles. The Morgan fingerprint density at radius 1 is 1.28 bits per heavy atom. The van der Waals surface area contributed by atoms with Crippen LogP contribution in [0.15, 0.2) is 0 Å². The Hall–Kier alpha value is -0.350. The SMILES string of the molecule is C[C@H]1CC(C)(C)C[C@@]2(C1)NC(=S)N(C(C)(C)C)N2. The van der Waals surface area contributed by atoms with Crippen LogP contribution in [0, 0.1) is 11.3 Å². The van der Waals surface area contributed by atoms with E-state index >= 15 is 0 Å². The molecule has 0 bridgehead atoms. The third-order valence-electron chi connectivity index (χ3n) is 3.92. The topological polar surface area (TPSA) is 27.3 Å². The summed E-state index contributed by atoms with van der Waals surface area (Å²) in [6.07, 6.45) is 3.56.